The quantitative estimate of drug-likeness (QED) is 0.777. The molecule has 0 radical (unpaired) electrons. The molecule has 1 amide bonds. The average Bonchev–Trinajstić information content (AvgIpc) is 3.30. The molecule has 8 heteroatoms. The summed E-state index contributed by atoms with van der Waals surface area (Å²) in [5.74, 6) is 1.24. The monoisotopic (exact) mass is 356 g/mol. The molecule has 2 aromatic heterocycles. The van der Waals surface area contributed by atoms with E-state index < -0.39 is 0 Å². The molecule has 0 unspecified atom stereocenters. The minimum absolute atomic E-state index is 0.220. The maximum absolute atomic E-state index is 12.4. The minimum Gasteiger partial charge on any atom is -0.486 e. The van der Waals surface area contributed by atoms with Crippen molar-refractivity contribution in [1.82, 2.24) is 14.8 Å². The van der Waals surface area contributed by atoms with E-state index in [0.29, 0.717) is 36.3 Å². The molecule has 0 spiro atoms. The van der Waals surface area contributed by atoms with Crippen LogP contribution < -0.4 is 14.8 Å². The molecule has 3 aromatic rings. The summed E-state index contributed by atoms with van der Waals surface area (Å²) in [6.45, 7) is 3.68. The van der Waals surface area contributed by atoms with Crippen molar-refractivity contribution in [2.75, 3.05) is 18.5 Å². The number of anilines is 1. The first-order chi connectivity index (χ1) is 12.2. The van der Waals surface area contributed by atoms with Gasteiger partial charge in [0.2, 0.25) is 0 Å². The van der Waals surface area contributed by atoms with Crippen molar-refractivity contribution in [3.63, 3.8) is 0 Å². The van der Waals surface area contributed by atoms with Crippen LogP contribution in [-0.4, -0.2) is 33.9 Å². The fraction of sp³-hybridized carbons (Fsp3) is 0.235. The first-order valence-electron chi connectivity index (χ1n) is 7.93. The van der Waals surface area contributed by atoms with Crippen molar-refractivity contribution < 1.29 is 14.3 Å². The van der Waals surface area contributed by atoms with Gasteiger partial charge in [-0.05, 0) is 31.2 Å². The van der Waals surface area contributed by atoms with Crippen molar-refractivity contribution in [3.05, 3.63) is 41.5 Å². The number of rotatable bonds is 4. The minimum atomic E-state index is -0.220. The third-order valence-corrected chi connectivity index (χ3v) is 4.57. The number of aromatic nitrogens is 3. The summed E-state index contributed by atoms with van der Waals surface area (Å²) in [6.07, 6.45) is 1.61. The van der Waals surface area contributed by atoms with E-state index in [1.807, 2.05) is 30.5 Å². The Labute approximate surface area is 148 Å². The molecule has 0 atom stereocenters. The van der Waals surface area contributed by atoms with Crippen LogP contribution in [0.2, 0.25) is 0 Å². The van der Waals surface area contributed by atoms with Gasteiger partial charge in [-0.2, -0.15) is 5.10 Å². The summed E-state index contributed by atoms with van der Waals surface area (Å²) in [6, 6.07) is 7.40. The summed E-state index contributed by atoms with van der Waals surface area (Å²) in [5, 5.41) is 9.37. The largest absolute Gasteiger partial charge is 0.486 e. The van der Waals surface area contributed by atoms with Gasteiger partial charge in [-0.1, -0.05) is 0 Å². The predicted octanol–water partition coefficient (Wildman–Crippen LogP) is 3.05. The SMILES string of the molecule is CCn1nccc1C(=O)Nc1nc(-c2ccc3c(c2)OCCO3)cs1. The van der Waals surface area contributed by atoms with Gasteiger partial charge in [0.1, 0.15) is 18.9 Å². The van der Waals surface area contributed by atoms with Crippen molar-refractivity contribution in [1.29, 1.82) is 0 Å². The van der Waals surface area contributed by atoms with Gasteiger partial charge in [0.25, 0.3) is 5.91 Å². The Balaban J connectivity index is 1.53. The Bertz CT molecular complexity index is 918. The zero-order chi connectivity index (χ0) is 17.2. The van der Waals surface area contributed by atoms with Crippen LogP contribution in [0, 0.1) is 0 Å². The lowest BCUT2D eigenvalue weighted by Gasteiger charge is -2.18. The molecule has 25 heavy (non-hydrogen) atoms. The Morgan fingerprint density at radius 3 is 2.96 bits per heavy atom. The molecule has 1 N–H and O–H groups in total. The standard InChI is InChI=1S/C17H16N4O3S/c1-2-21-13(5-6-18-21)16(22)20-17-19-12(10-25-17)11-3-4-14-15(9-11)24-8-7-23-14/h3-6,9-10H,2,7-8H2,1H3,(H,19,20,22). The highest BCUT2D eigenvalue weighted by atomic mass is 32.1. The van der Waals surface area contributed by atoms with Crippen molar-refractivity contribution >= 4 is 22.4 Å². The summed E-state index contributed by atoms with van der Waals surface area (Å²) < 4.78 is 12.8. The lowest BCUT2D eigenvalue weighted by Crippen LogP contribution is -2.17. The van der Waals surface area contributed by atoms with Gasteiger partial charge in [0.15, 0.2) is 16.6 Å². The van der Waals surface area contributed by atoms with Crippen LogP contribution in [0.5, 0.6) is 11.5 Å². The number of hydrogen-bond acceptors (Lipinski definition) is 6. The molecule has 7 nitrogen and oxygen atoms in total. The van der Waals surface area contributed by atoms with E-state index in [9.17, 15) is 4.79 Å². The number of nitrogens with one attached hydrogen (secondary N) is 1. The van der Waals surface area contributed by atoms with Crippen LogP contribution in [0.25, 0.3) is 11.3 Å². The molecule has 128 valence electrons. The van der Waals surface area contributed by atoms with E-state index in [4.69, 9.17) is 9.47 Å². The first kappa shape index (κ1) is 15.6. The van der Waals surface area contributed by atoms with Crippen molar-refractivity contribution in [3.8, 4) is 22.8 Å². The van der Waals surface area contributed by atoms with Gasteiger partial charge >= 0.3 is 0 Å². The molecule has 0 saturated carbocycles. The third-order valence-electron chi connectivity index (χ3n) is 3.81. The number of ether oxygens (including phenoxy) is 2. The second-order valence-electron chi connectivity index (χ2n) is 5.38. The maximum atomic E-state index is 12.4. The Hall–Kier alpha value is -2.87. The second-order valence-corrected chi connectivity index (χ2v) is 6.24. The molecule has 1 aliphatic heterocycles. The second kappa shape index (κ2) is 6.56. The van der Waals surface area contributed by atoms with E-state index in [1.165, 1.54) is 11.3 Å². The third kappa shape index (κ3) is 3.08. The van der Waals surface area contributed by atoms with E-state index in [0.717, 1.165) is 17.0 Å². The molecule has 0 bridgehead atoms. The zero-order valence-electron chi connectivity index (χ0n) is 13.6. The summed E-state index contributed by atoms with van der Waals surface area (Å²) in [4.78, 5) is 16.8. The lowest BCUT2D eigenvalue weighted by atomic mass is 10.1. The molecule has 1 aliphatic rings. The number of aryl methyl sites for hydroxylation is 1. The highest BCUT2D eigenvalue weighted by molar-refractivity contribution is 7.14. The van der Waals surface area contributed by atoms with Crippen LogP contribution in [-0.2, 0) is 6.54 Å². The van der Waals surface area contributed by atoms with Crippen LogP contribution in [0.4, 0.5) is 5.13 Å². The smallest absolute Gasteiger partial charge is 0.275 e. The van der Waals surface area contributed by atoms with Gasteiger partial charge < -0.3 is 9.47 Å². The Morgan fingerprint density at radius 1 is 1.28 bits per heavy atom. The van der Waals surface area contributed by atoms with Crippen LogP contribution >= 0.6 is 11.3 Å². The molecule has 1 aromatic carbocycles. The topological polar surface area (TPSA) is 78.3 Å². The Morgan fingerprint density at radius 2 is 2.12 bits per heavy atom. The molecular formula is C17H16N4O3S. The van der Waals surface area contributed by atoms with Gasteiger partial charge in [0, 0.05) is 23.7 Å². The van der Waals surface area contributed by atoms with Gasteiger partial charge in [-0.25, -0.2) is 4.98 Å². The number of nitrogens with zero attached hydrogens (tertiary/aromatic N) is 3. The number of thiazole rings is 1. The summed E-state index contributed by atoms with van der Waals surface area (Å²) in [7, 11) is 0. The summed E-state index contributed by atoms with van der Waals surface area (Å²) in [5.41, 5.74) is 2.21. The number of benzene rings is 1. The normalized spacial score (nSPS) is 12.8. The van der Waals surface area contributed by atoms with Gasteiger partial charge in [0.05, 0.1) is 5.69 Å². The highest BCUT2D eigenvalue weighted by Gasteiger charge is 2.16. The molecule has 0 aliphatic carbocycles. The van der Waals surface area contributed by atoms with Gasteiger partial charge in [-0.3, -0.25) is 14.8 Å². The number of fused-ring (bicyclic) bond motifs is 1. The molecular weight excluding hydrogens is 340 g/mol. The van der Waals surface area contributed by atoms with Crippen LogP contribution in [0.3, 0.4) is 0 Å². The number of amides is 1. The van der Waals surface area contributed by atoms with Gasteiger partial charge in [-0.15, -0.1) is 11.3 Å². The summed E-state index contributed by atoms with van der Waals surface area (Å²) >= 11 is 1.38. The number of carbonyl (C=O) groups is 1. The highest BCUT2D eigenvalue weighted by Crippen LogP contribution is 2.35. The lowest BCUT2D eigenvalue weighted by molar-refractivity contribution is 0.101. The zero-order valence-corrected chi connectivity index (χ0v) is 14.4. The van der Waals surface area contributed by atoms with E-state index in [1.54, 1.807) is 16.9 Å². The van der Waals surface area contributed by atoms with E-state index in [2.05, 4.69) is 15.4 Å². The maximum Gasteiger partial charge on any atom is 0.275 e. The van der Waals surface area contributed by atoms with E-state index >= 15 is 0 Å². The fourth-order valence-corrected chi connectivity index (χ4v) is 3.32. The Kier molecular flexibility index (Phi) is 4.10. The molecule has 4 rings (SSSR count). The van der Waals surface area contributed by atoms with Crippen molar-refractivity contribution in [2.45, 2.75) is 13.5 Å². The fourth-order valence-electron chi connectivity index (χ4n) is 2.61. The van der Waals surface area contributed by atoms with Crippen molar-refractivity contribution in [2.24, 2.45) is 0 Å². The number of carbonyl (C=O) groups excluding carboxylic acids is 1. The van der Waals surface area contributed by atoms with Crippen LogP contribution in [0.1, 0.15) is 17.4 Å². The predicted molar refractivity (Wildman–Crippen MR) is 94.4 cm³/mol. The molecule has 0 saturated heterocycles. The van der Waals surface area contributed by atoms with E-state index in [-0.39, 0.29) is 5.91 Å². The average molecular weight is 356 g/mol. The number of hydrogen-bond donors (Lipinski definition) is 1. The van der Waals surface area contributed by atoms with Crippen LogP contribution in [0.15, 0.2) is 35.8 Å². The first-order valence-corrected chi connectivity index (χ1v) is 8.81. The molecule has 0 fully saturated rings. The molecule has 3 heterocycles.